The maximum absolute atomic E-state index is 4.38. The van der Waals surface area contributed by atoms with Crippen LogP contribution in [0.2, 0.25) is 0 Å². The summed E-state index contributed by atoms with van der Waals surface area (Å²) in [5, 5.41) is 6.48. The second kappa shape index (κ2) is 4.61. The molecule has 0 aliphatic rings. The maximum atomic E-state index is 4.38. The topological polar surface area (TPSA) is 37.8 Å². The lowest BCUT2D eigenvalue weighted by atomic mass is 10.1. The zero-order valence-electron chi connectivity index (χ0n) is 9.65. The van der Waals surface area contributed by atoms with Crippen molar-refractivity contribution in [3.63, 3.8) is 0 Å². The summed E-state index contributed by atoms with van der Waals surface area (Å²) >= 11 is 3.30. The van der Waals surface area contributed by atoms with Crippen molar-refractivity contribution in [3.05, 3.63) is 22.0 Å². The normalized spacial score (nSPS) is 11.9. The van der Waals surface area contributed by atoms with E-state index in [1.54, 1.807) is 22.7 Å². The third-order valence-corrected chi connectivity index (χ3v) is 3.60. The Kier molecular flexibility index (Phi) is 3.37. The molecular weight excluding hydrogens is 238 g/mol. The van der Waals surface area contributed by atoms with Gasteiger partial charge in [-0.3, -0.25) is 0 Å². The summed E-state index contributed by atoms with van der Waals surface area (Å²) in [6.07, 6.45) is 1.93. The Balaban J connectivity index is 2.03. The van der Waals surface area contributed by atoms with Gasteiger partial charge in [0.25, 0.3) is 0 Å². The minimum absolute atomic E-state index is 0.144. The fourth-order valence-corrected chi connectivity index (χ4v) is 2.61. The molecule has 3 nitrogen and oxygen atoms in total. The number of hydrogen-bond acceptors (Lipinski definition) is 5. The lowest BCUT2D eigenvalue weighted by Crippen LogP contribution is -2.34. The van der Waals surface area contributed by atoms with E-state index < -0.39 is 0 Å². The zero-order chi connectivity index (χ0) is 11.6. The highest BCUT2D eigenvalue weighted by Crippen LogP contribution is 2.24. The molecule has 0 saturated heterocycles. The van der Waals surface area contributed by atoms with Crippen LogP contribution in [0.3, 0.4) is 0 Å². The van der Waals surface area contributed by atoms with E-state index in [1.165, 1.54) is 4.88 Å². The van der Waals surface area contributed by atoms with Gasteiger partial charge in [-0.05, 0) is 20.8 Å². The molecule has 5 heteroatoms. The number of aromatic nitrogens is 2. The Morgan fingerprint density at radius 1 is 1.31 bits per heavy atom. The van der Waals surface area contributed by atoms with Gasteiger partial charge in [0.2, 0.25) is 0 Å². The fraction of sp³-hybridized carbons (Fsp3) is 0.455. The van der Waals surface area contributed by atoms with Crippen LogP contribution in [-0.4, -0.2) is 15.5 Å². The largest absolute Gasteiger partial charge is 0.307 e. The summed E-state index contributed by atoms with van der Waals surface area (Å²) in [6, 6.07) is 0. The number of rotatable bonds is 3. The molecule has 2 aromatic heterocycles. The van der Waals surface area contributed by atoms with Gasteiger partial charge in [-0.1, -0.05) is 0 Å². The quantitative estimate of drug-likeness (QED) is 0.913. The molecule has 86 valence electrons. The minimum Gasteiger partial charge on any atom is -0.307 e. The van der Waals surface area contributed by atoms with Crippen molar-refractivity contribution in [2.24, 2.45) is 0 Å². The molecule has 0 aliphatic carbocycles. The summed E-state index contributed by atoms with van der Waals surface area (Å²) in [4.78, 5) is 9.88. The van der Waals surface area contributed by atoms with Gasteiger partial charge in [0.15, 0.2) is 0 Å². The fourth-order valence-electron chi connectivity index (χ4n) is 1.18. The zero-order valence-corrected chi connectivity index (χ0v) is 11.3. The molecule has 0 amide bonds. The predicted molar refractivity (Wildman–Crippen MR) is 69.8 cm³/mol. The number of nitrogens with one attached hydrogen (secondary N) is 1. The van der Waals surface area contributed by atoms with Gasteiger partial charge in [-0.15, -0.1) is 22.7 Å². The third kappa shape index (κ3) is 3.10. The van der Waals surface area contributed by atoms with Crippen LogP contribution >= 0.6 is 22.7 Å². The molecule has 0 bridgehead atoms. The van der Waals surface area contributed by atoms with E-state index in [4.69, 9.17) is 0 Å². The molecular formula is C11H15N3S2. The average molecular weight is 253 g/mol. The molecule has 16 heavy (non-hydrogen) atoms. The molecule has 0 radical (unpaired) electrons. The smallest absolute Gasteiger partial charge is 0.142 e. The molecule has 0 saturated carbocycles. The van der Waals surface area contributed by atoms with Crippen LogP contribution in [0, 0.1) is 0 Å². The van der Waals surface area contributed by atoms with E-state index in [9.17, 15) is 0 Å². The highest BCUT2D eigenvalue weighted by atomic mass is 32.1. The van der Waals surface area contributed by atoms with Gasteiger partial charge in [0.1, 0.15) is 10.7 Å². The third-order valence-electron chi connectivity index (χ3n) is 2.00. The molecule has 2 heterocycles. The minimum atomic E-state index is 0.144. The Morgan fingerprint density at radius 2 is 2.12 bits per heavy atom. The van der Waals surface area contributed by atoms with Crippen molar-refractivity contribution >= 4 is 22.7 Å². The lowest BCUT2D eigenvalue weighted by Gasteiger charge is -2.19. The van der Waals surface area contributed by atoms with Crippen LogP contribution in [-0.2, 0) is 6.54 Å². The van der Waals surface area contributed by atoms with Crippen LogP contribution in [0.15, 0.2) is 17.1 Å². The van der Waals surface area contributed by atoms with Gasteiger partial charge in [-0.25, -0.2) is 9.97 Å². The average Bonchev–Trinajstić information content (AvgIpc) is 2.84. The van der Waals surface area contributed by atoms with Crippen molar-refractivity contribution in [2.75, 3.05) is 0 Å². The van der Waals surface area contributed by atoms with E-state index in [-0.39, 0.29) is 5.54 Å². The second-order valence-corrected chi connectivity index (χ2v) is 6.44. The number of thiazole rings is 2. The van der Waals surface area contributed by atoms with Crippen LogP contribution < -0.4 is 5.32 Å². The molecule has 1 N–H and O–H groups in total. The van der Waals surface area contributed by atoms with Crippen molar-refractivity contribution in [1.29, 1.82) is 0 Å². The molecule has 2 aromatic rings. The summed E-state index contributed by atoms with van der Waals surface area (Å²) < 4.78 is 0. The second-order valence-electron chi connectivity index (χ2n) is 4.61. The number of nitrogens with zero attached hydrogens (tertiary/aromatic N) is 2. The Labute approximate surface area is 104 Å². The van der Waals surface area contributed by atoms with E-state index in [0.717, 1.165) is 17.2 Å². The summed E-state index contributed by atoms with van der Waals surface area (Å²) in [5.41, 5.74) is 2.96. The van der Waals surface area contributed by atoms with Gasteiger partial charge >= 0.3 is 0 Å². The lowest BCUT2D eigenvalue weighted by molar-refractivity contribution is 0.426. The predicted octanol–water partition coefficient (Wildman–Crippen LogP) is 3.15. The first-order valence-electron chi connectivity index (χ1n) is 5.13. The van der Waals surface area contributed by atoms with E-state index in [0.29, 0.717) is 0 Å². The maximum Gasteiger partial charge on any atom is 0.142 e. The molecule has 0 unspecified atom stereocenters. The van der Waals surface area contributed by atoms with Gasteiger partial charge in [-0.2, -0.15) is 0 Å². The van der Waals surface area contributed by atoms with E-state index >= 15 is 0 Å². The Bertz CT molecular complexity index is 440. The van der Waals surface area contributed by atoms with Gasteiger partial charge in [0.05, 0.1) is 5.51 Å². The van der Waals surface area contributed by atoms with Crippen molar-refractivity contribution in [3.8, 4) is 10.7 Å². The summed E-state index contributed by atoms with van der Waals surface area (Å²) in [6.45, 7) is 7.35. The van der Waals surface area contributed by atoms with Crippen molar-refractivity contribution in [1.82, 2.24) is 15.3 Å². The Morgan fingerprint density at radius 3 is 2.75 bits per heavy atom. The standard InChI is InChI=1S/C11H15N3S2/c1-11(2,3)14-5-8-4-12-10(16-8)9-6-15-7-13-9/h4,6-7,14H,5H2,1-3H3. The van der Waals surface area contributed by atoms with Gasteiger partial charge in [0, 0.05) is 28.5 Å². The van der Waals surface area contributed by atoms with Crippen molar-refractivity contribution < 1.29 is 0 Å². The van der Waals surface area contributed by atoms with Crippen LogP contribution in [0.25, 0.3) is 10.7 Å². The first-order chi connectivity index (χ1) is 7.54. The molecule has 0 aromatic carbocycles. The monoisotopic (exact) mass is 253 g/mol. The summed E-state index contributed by atoms with van der Waals surface area (Å²) in [5.74, 6) is 0. The highest BCUT2D eigenvalue weighted by Gasteiger charge is 2.11. The first kappa shape index (κ1) is 11.7. The van der Waals surface area contributed by atoms with Gasteiger partial charge < -0.3 is 5.32 Å². The molecule has 0 spiro atoms. The van der Waals surface area contributed by atoms with Crippen molar-refractivity contribution in [2.45, 2.75) is 32.9 Å². The van der Waals surface area contributed by atoms with Crippen LogP contribution in [0.5, 0.6) is 0 Å². The van der Waals surface area contributed by atoms with E-state index in [2.05, 4.69) is 36.1 Å². The molecule has 0 atom stereocenters. The Hall–Kier alpha value is -0.780. The molecule has 0 aliphatic heterocycles. The SMILES string of the molecule is CC(C)(C)NCc1cnc(-c2cscn2)s1. The van der Waals surface area contributed by atoms with Crippen LogP contribution in [0.4, 0.5) is 0 Å². The summed E-state index contributed by atoms with van der Waals surface area (Å²) in [7, 11) is 0. The number of hydrogen-bond donors (Lipinski definition) is 1. The molecule has 2 rings (SSSR count). The first-order valence-corrected chi connectivity index (χ1v) is 6.89. The highest BCUT2D eigenvalue weighted by molar-refractivity contribution is 7.15. The van der Waals surface area contributed by atoms with Crippen LogP contribution in [0.1, 0.15) is 25.6 Å². The van der Waals surface area contributed by atoms with E-state index in [1.807, 2.05) is 17.1 Å². The molecule has 0 fully saturated rings.